The number of carbonyl (C=O) groups is 1. The zero-order valence-electron chi connectivity index (χ0n) is 10.7. The van der Waals surface area contributed by atoms with E-state index in [9.17, 15) is 13.2 Å². The van der Waals surface area contributed by atoms with E-state index in [4.69, 9.17) is 16.7 Å². The fourth-order valence-corrected chi connectivity index (χ4v) is 3.70. The fraction of sp³-hybridized carbons (Fsp3) is 0.417. The molecule has 0 unspecified atom stereocenters. The number of nitrogens with one attached hydrogen (secondary N) is 1. The van der Waals surface area contributed by atoms with Crippen molar-refractivity contribution in [3.63, 3.8) is 0 Å². The van der Waals surface area contributed by atoms with Crippen molar-refractivity contribution in [1.82, 2.24) is 9.84 Å². The van der Waals surface area contributed by atoms with Gasteiger partial charge in [0.1, 0.15) is 4.90 Å². The van der Waals surface area contributed by atoms with Gasteiger partial charge in [-0.1, -0.05) is 18.0 Å². The number of rotatable bonds is 4. The third-order valence-electron chi connectivity index (χ3n) is 3.07. The molecule has 1 aliphatic heterocycles. The van der Waals surface area contributed by atoms with Gasteiger partial charge in [-0.15, -0.1) is 4.83 Å². The minimum atomic E-state index is -3.87. The Bertz CT molecular complexity index is 612. The quantitative estimate of drug-likeness (QED) is 0.882. The number of hydrogen-bond donors (Lipinski definition) is 2. The van der Waals surface area contributed by atoms with E-state index in [1.54, 1.807) is 5.01 Å². The van der Waals surface area contributed by atoms with Crippen LogP contribution >= 0.6 is 11.6 Å². The summed E-state index contributed by atoms with van der Waals surface area (Å²) >= 11 is 5.87. The number of carboxylic acids is 1. The van der Waals surface area contributed by atoms with Gasteiger partial charge >= 0.3 is 5.97 Å². The summed E-state index contributed by atoms with van der Waals surface area (Å²) in [7, 11) is -3.87. The van der Waals surface area contributed by atoms with Gasteiger partial charge in [-0.05, 0) is 31.0 Å². The van der Waals surface area contributed by atoms with E-state index in [0.29, 0.717) is 13.1 Å². The van der Waals surface area contributed by atoms with Crippen molar-refractivity contribution in [1.29, 1.82) is 0 Å². The first-order chi connectivity index (χ1) is 9.40. The van der Waals surface area contributed by atoms with Crippen LogP contribution in [0, 0.1) is 0 Å². The van der Waals surface area contributed by atoms with Gasteiger partial charge in [-0.3, -0.25) is 0 Å². The Morgan fingerprint density at radius 1 is 1.25 bits per heavy atom. The lowest BCUT2D eigenvalue weighted by Crippen LogP contribution is -2.45. The van der Waals surface area contributed by atoms with E-state index in [1.165, 1.54) is 12.1 Å². The molecule has 1 aliphatic rings. The first-order valence-corrected chi connectivity index (χ1v) is 8.06. The SMILES string of the molecule is O=C(O)c1ccc(Cl)c(S(=O)(=O)NN2CCCCC2)c1. The monoisotopic (exact) mass is 318 g/mol. The molecule has 0 spiro atoms. The van der Waals surface area contributed by atoms with Crippen molar-refractivity contribution < 1.29 is 18.3 Å². The molecule has 0 amide bonds. The van der Waals surface area contributed by atoms with Crippen LogP contribution in [0.4, 0.5) is 0 Å². The van der Waals surface area contributed by atoms with Crippen molar-refractivity contribution in [3.05, 3.63) is 28.8 Å². The Balaban J connectivity index is 2.28. The lowest BCUT2D eigenvalue weighted by molar-refractivity contribution is 0.0696. The Kier molecular flexibility index (Phi) is 4.64. The highest BCUT2D eigenvalue weighted by molar-refractivity contribution is 7.89. The Morgan fingerprint density at radius 3 is 2.50 bits per heavy atom. The van der Waals surface area contributed by atoms with Crippen LogP contribution in [0.3, 0.4) is 0 Å². The second kappa shape index (κ2) is 6.09. The standard InChI is InChI=1S/C12H15ClN2O4S/c13-10-5-4-9(12(16)17)8-11(10)20(18,19)14-15-6-2-1-3-7-15/h4-5,8,14H,1-3,6-7H2,(H,16,17). The number of benzene rings is 1. The largest absolute Gasteiger partial charge is 0.478 e. The number of sulfonamides is 1. The van der Waals surface area contributed by atoms with Gasteiger partial charge in [0, 0.05) is 13.1 Å². The number of carboxylic acid groups (broad SMARTS) is 1. The molecule has 0 radical (unpaired) electrons. The molecule has 6 nitrogen and oxygen atoms in total. The summed E-state index contributed by atoms with van der Waals surface area (Å²) in [5.41, 5.74) is -0.117. The Labute approximate surface area is 122 Å². The Hall–Kier alpha value is -1.15. The molecule has 8 heteroatoms. The molecule has 1 saturated heterocycles. The van der Waals surface area contributed by atoms with Crippen LogP contribution in [-0.4, -0.2) is 37.6 Å². The molecule has 1 aromatic carbocycles. The maximum Gasteiger partial charge on any atom is 0.335 e. The van der Waals surface area contributed by atoms with Gasteiger partial charge in [-0.25, -0.2) is 18.2 Å². The number of hydrazine groups is 1. The summed E-state index contributed by atoms with van der Waals surface area (Å²) < 4.78 is 24.5. The summed E-state index contributed by atoms with van der Waals surface area (Å²) in [6, 6.07) is 3.61. The first-order valence-electron chi connectivity index (χ1n) is 6.20. The van der Waals surface area contributed by atoms with Crippen LogP contribution in [0.15, 0.2) is 23.1 Å². The average Bonchev–Trinajstić information content (AvgIpc) is 2.39. The third kappa shape index (κ3) is 3.49. The highest BCUT2D eigenvalue weighted by Crippen LogP contribution is 2.23. The molecule has 0 bridgehead atoms. The topological polar surface area (TPSA) is 86.7 Å². The molecule has 1 fully saturated rings. The fourth-order valence-electron chi connectivity index (χ4n) is 2.05. The van der Waals surface area contributed by atoms with Gasteiger partial charge in [0.15, 0.2) is 0 Å². The molecule has 20 heavy (non-hydrogen) atoms. The Morgan fingerprint density at radius 2 is 1.90 bits per heavy atom. The third-order valence-corrected chi connectivity index (χ3v) is 4.93. The van der Waals surface area contributed by atoms with E-state index in [2.05, 4.69) is 4.83 Å². The molecule has 2 rings (SSSR count). The van der Waals surface area contributed by atoms with Gasteiger partial charge in [0.05, 0.1) is 10.6 Å². The maximum atomic E-state index is 12.3. The van der Waals surface area contributed by atoms with Gasteiger partial charge in [0.25, 0.3) is 10.0 Å². The predicted octanol–water partition coefficient (Wildman–Crippen LogP) is 1.72. The molecule has 1 heterocycles. The van der Waals surface area contributed by atoms with Crippen molar-refractivity contribution in [3.8, 4) is 0 Å². The second-order valence-corrected chi connectivity index (χ2v) is 6.63. The molecule has 0 atom stereocenters. The second-order valence-electron chi connectivity index (χ2n) is 4.59. The molecule has 110 valence electrons. The molecule has 1 aromatic rings. The molecule has 2 N–H and O–H groups in total. The van der Waals surface area contributed by atoms with Crippen LogP contribution in [0.25, 0.3) is 0 Å². The van der Waals surface area contributed by atoms with Crippen molar-refractivity contribution >= 4 is 27.6 Å². The number of piperidine rings is 1. The zero-order chi connectivity index (χ0) is 14.8. The van der Waals surface area contributed by atoms with Crippen LogP contribution in [-0.2, 0) is 10.0 Å². The molecular weight excluding hydrogens is 304 g/mol. The summed E-state index contributed by atoms with van der Waals surface area (Å²) in [4.78, 5) is 13.1. The van der Waals surface area contributed by atoms with Crippen LogP contribution < -0.4 is 4.83 Å². The van der Waals surface area contributed by atoms with E-state index in [1.807, 2.05) is 0 Å². The first kappa shape index (κ1) is 15.2. The summed E-state index contributed by atoms with van der Waals surface area (Å²) in [6.45, 7) is 1.27. The maximum absolute atomic E-state index is 12.3. The van der Waals surface area contributed by atoms with Crippen molar-refractivity contribution in [2.75, 3.05) is 13.1 Å². The van der Waals surface area contributed by atoms with Crippen LogP contribution in [0.1, 0.15) is 29.6 Å². The smallest absolute Gasteiger partial charge is 0.335 e. The lowest BCUT2D eigenvalue weighted by atomic mass is 10.2. The van der Waals surface area contributed by atoms with Crippen molar-refractivity contribution in [2.24, 2.45) is 0 Å². The molecule has 0 saturated carbocycles. The minimum absolute atomic E-state index is 0.000454. The summed E-state index contributed by atoms with van der Waals surface area (Å²) in [5.74, 6) is -1.20. The number of hydrogen-bond acceptors (Lipinski definition) is 4. The van der Waals surface area contributed by atoms with E-state index >= 15 is 0 Å². The van der Waals surface area contributed by atoms with Gasteiger partial charge in [0.2, 0.25) is 0 Å². The molecule has 0 aromatic heterocycles. The average molecular weight is 319 g/mol. The molecule has 0 aliphatic carbocycles. The highest BCUT2D eigenvalue weighted by Gasteiger charge is 2.23. The van der Waals surface area contributed by atoms with Crippen LogP contribution in [0.2, 0.25) is 5.02 Å². The van der Waals surface area contributed by atoms with E-state index in [-0.39, 0.29) is 15.5 Å². The molecular formula is C12H15ClN2O4S. The number of halogens is 1. The summed E-state index contributed by atoms with van der Waals surface area (Å²) in [5, 5.41) is 10.5. The lowest BCUT2D eigenvalue weighted by Gasteiger charge is -2.26. The van der Waals surface area contributed by atoms with E-state index in [0.717, 1.165) is 25.3 Å². The van der Waals surface area contributed by atoms with Gasteiger partial charge < -0.3 is 5.11 Å². The predicted molar refractivity (Wildman–Crippen MR) is 74.2 cm³/mol. The van der Waals surface area contributed by atoms with Gasteiger partial charge in [-0.2, -0.15) is 0 Å². The highest BCUT2D eigenvalue weighted by atomic mass is 35.5. The number of nitrogens with zero attached hydrogens (tertiary/aromatic N) is 1. The van der Waals surface area contributed by atoms with Crippen LogP contribution in [0.5, 0.6) is 0 Å². The zero-order valence-corrected chi connectivity index (χ0v) is 12.2. The number of aromatic carboxylic acids is 1. The van der Waals surface area contributed by atoms with Crippen molar-refractivity contribution in [2.45, 2.75) is 24.2 Å². The summed E-state index contributed by atoms with van der Waals surface area (Å²) in [6.07, 6.45) is 2.92. The normalized spacial score (nSPS) is 17.1. The van der Waals surface area contributed by atoms with E-state index < -0.39 is 16.0 Å². The minimum Gasteiger partial charge on any atom is -0.478 e.